The van der Waals surface area contributed by atoms with Crippen LogP contribution >= 0.6 is 18.9 Å². The lowest BCUT2D eigenvalue weighted by atomic mass is 10.0. The molecule has 0 spiro atoms. The third-order valence-electron chi connectivity index (χ3n) is 5.66. The Bertz CT molecular complexity index is 1250. The first-order valence-corrected chi connectivity index (χ1v) is 13.3. The molecule has 0 N–H and O–H groups in total. The summed E-state index contributed by atoms with van der Waals surface area (Å²) in [6.07, 6.45) is 4.43. The van der Waals surface area contributed by atoms with Crippen molar-refractivity contribution in [2.24, 2.45) is 0 Å². The van der Waals surface area contributed by atoms with Crippen LogP contribution in [0.25, 0.3) is 10.5 Å². The molecule has 0 radical (unpaired) electrons. The first-order valence-electron chi connectivity index (χ1n) is 10.7. The van der Waals surface area contributed by atoms with Crippen LogP contribution in [0.1, 0.15) is 11.1 Å². The van der Waals surface area contributed by atoms with Crippen LogP contribution in [0.5, 0.6) is 0 Å². The summed E-state index contributed by atoms with van der Waals surface area (Å²) in [6.45, 7) is 0. The quantitative estimate of drug-likeness (QED) is 0.299. The van der Waals surface area contributed by atoms with Crippen LogP contribution < -0.4 is 10.6 Å². The van der Waals surface area contributed by atoms with Crippen molar-refractivity contribution in [1.29, 1.82) is 0 Å². The number of hydrogen-bond donors (Lipinski definition) is 0. The predicted molar refractivity (Wildman–Crippen MR) is 140 cm³/mol. The smallest absolute Gasteiger partial charge is 0.159 e. The van der Waals surface area contributed by atoms with Gasteiger partial charge in [-0.25, -0.2) is 0 Å². The van der Waals surface area contributed by atoms with Crippen molar-refractivity contribution in [3.05, 3.63) is 145 Å². The highest BCUT2D eigenvalue weighted by molar-refractivity contribution is 8.15. The second kappa shape index (κ2) is 9.20. The Balaban J connectivity index is 1.70. The minimum absolute atomic E-state index is 0.206. The van der Waals surface area contributed by atoms with Gasteiger partial charge >= 0.3 is 0 Å². The van der Waals surface area contributed by atoms with E-state index in [1.807, 2.05) is 72.8 Å². The zero-order valence-electron chi connectivity index (χ0n) is 17.5. The van der Waals surface area contributed by atoms with Crippen LogP contribution in [0.4, 0.5) is 0 Å². The number of thioether (sulfide) groups is 1. The van der Waals surface area contributed by atoms with E-state index in [0.717, 1.165) is 32.2 Å². The molecular weight excluding hydrogens is 427 g/mol. The molecule has 0 aromatic heterocycles. The first-order chi connectivity index (χ1) is 15.7. The minimum atomic E-state index is -2.97. The van der Waals surface area contributed by atoms with E-state index in [9.17, 15) is 0 Å². The number of benzene rings is 4. The molecule has 0 aliphatic carbocycles. The lowest BCUT2D eigenvalue weighted by Crippen LogP contribution is -2.24. The summed E-state index contributed by atoms with van der Waals surface area (Å²) < 4.78 is 15.0. The van der Waals surface area contributed by atoms with Gasteiger partial charge in [0.1, 0.15) is 0 Å². The SMILES string of the molecule is O=P(c1ccccc1)(c1ccccc1)C1C=C(c2ccccc2)C=C(c2ccccc2)S1. The number of hydrogen-bond acceptors (Lipinski definition) is 2. The standard InChI is InChI=1S/C29H23OPS/c30-31(26-17-9-3-10-18-26,27-19-11-4-12-20-27)29-22-25(23-13-5-1-6-14-23)21-28(32-29)24-15-7-2-8-16-24/h1-22,29H. The lowest BCUT2D eigenvalue weighted by molar-refractivity contribution is 0.587. The van der Waals surface area contributed by atoms with Gasteiger partial charge in [0.2, 0.25) is 0 Å². The number of allylic oxidation sites excluding steroid dienone is 2. The van der Waals surface area contributed by atoms with E-state index >= 15 is 4.57 Å². The molecule has 1 atom stereocenters. The highest BCUT2D eigenvalue weighted by Gasteiger charge is 2.38. The van der Waals surface area contributed by atoms with E-state index in [-0.39, 0.29) is 4.99 Å². The van der Waals surface area contributed by atoms with Crippen molar-refractivity contribution in [3.63, 3.8) is 0 Å². The summed E-state index contributed by atoms with van der Waals surface area (Å²) in [4.78, 5) is 0.937. The Morgan fingerprint density at radius 1 is 0.562 bits per heavy atom. The molecule has 1 heterocycles. The van der Waals surface area contributed by atoms with Crippen LogP contribution in [0.15, 0.2) is 133 Å². The molecule has 0 saturated heterocycles. The molecule has 3 heteroatoms. The zero-order chi connectivity index (χ0) is 21.8. The molecule has 32 heavy (non-hydrogen) atoms. The molecule has 0 saturated carbocycles. The van der Waals surface area contributed by atoms with Crippen LogP contribution in [0.2, 0.25) is 0 Å². The van der Waals surface area contributed by atoms with Crippen molar-refractivity contribution in [2.45, 2.75) is 4.99 Å². The Hall–Kier alpha value is -3.06. The van der Waals surface area contributed by atoms with E-state index in [4.69, 9.17) is 0 Å². The van der Waals surface area contributed by atoms with Crippen molar-refractivity contribution >= 4 is 40.0 Å². The van der Waals surface area contributed by atoms with Crippen molar-refractivity contribution in [3.8, 4) is 0 Å². The van der Waals surface area contributed by atoms with Crippen molar-refractivity contribution < 1.29 is 4.57 Å². The minimum Gasteiger partial charge on any atom is -0.312 e. The van der Waals surface area contributed by atoms with Gasteiger partial charge in [0, 0.05) is 15.5 Å². The summed E-state index contributed by atoms with van der Waals surface area (Å²) in [5, 5.41) is 1.78. The molecule has 4 aromatic rings. The molecule has 1 nitrogen and oxygen atoms in total. The fraction of sp³-hybridized carbons (Fsp3) is 0.0345. The topological polar surface area (TPSA) is 17.1 Å². The Morgan fingerprint density at radius 2 is 1.00 bits per heavy atom. The van der Waals surface area contributed by atoms with Gasteiger partial charge in [-0.2, -0.15) is 0 Å². The molecule has 0 fully saturated rings. The maximum absolute atomic E-state index is 15.0. The van der Waals surface area contributed by atoms with Gasteiger partial charge in [-0.15, -0.1) is 11.8 Å². The Kier molecular flexibility index (Phi) is 5.99. The summed E-state index contributed by atoms with van der Waals surface area (Å²) in [6, 6.07) is 40.7. The molecule has 0 bridgehead atoms. The molecule has 4 aromatic carbocycles. The molecule has 156 valence electrons. The normalized spacial score (nSPS) is 16.2. The van der Waals surface area contributed by atoms with Crippen LogP contribution in [-0.4, -0.2) is 4.99 Å². The maximum atomic E-state index is 15.0. The van der Waals surface area contributed by atoms with E-state index in [1.54, 1.807) is 11.8 Å². The average Bonchev–Trinajstić information content (AvgIpc) is 2.90. The zero-order valence-corrected chi connectivity index (χ0v) is 19.3. The molecule has 5 rings (SSSR count). The molecular formula is C29H23OPS. The largest absolute Gasteiger partial charge is 0.312 e. The average molecular weight is 451 g/mol. The summed E-state index contributed by atoms with van der Waals surface area (Å²) in [5.74, 6) is 0. The molecule has 1 aliphatic rings. The van der Waals surface area contributed by atoms with Gasteiger partial charge in [0.05, 0.1) is 4.99 Å². The van der Waals surface area contributed by atoms with E-state index in [1.165, 1.54) is 0 Å². The van der Waals surface area contributed by atoms with Gasteiger partial charge < -0.3 is 4.57 Å². The van der Waals surface area contributed by atoms with Gasteiger partial charge in [0.25, 0.3) is 0 Å². The van der Waals surface area contributed by atoms with Gasteiger partial charge in [-0.3, -0.25) is 0 Å². The second-order valence-electron chi connectivity index (χ2n) is 7.70. The monoisotopic (exact) mass is 450 g/mol. The highest BCUT2D eigenvalue weighted by atomic mass is 32.2. The Labute approximate surface area is 193 Å². The van der Waals surface area contributed by atoms with Crippen molar-refractivity contribution in [1.82, 2.24) is 0 Å². The van der Waals surface area contributed by atoms with E-state index in [0.29, 0.717) is 0 Å². The number of rotatable bonds is 5. The van der Waals surface area contributed by atoms with E-state index in [2.05, 4.69) is 60.7 Å². The summed E-state index contributed by atoms with van der Waals surface area (Å²) in [7, 11) is -2.97. The summed E-state index contributed by atoms with van der Waals surface area (Å²) in [5.41, 5.74) is 3.40. The third-order valence-corrected chi connectivity index (χ3v) is 10.8. The maximum Gasteiger partial charge on any atom is 0.159 e. The molecule has 0 amide bonds. The second-order valence-corrected chi connectivity index (χ2v) is 12.1. The van der Waals surface area contributed by atoms with Crippen LogP contribution in [0.3, 0.4) is 0 Å². The van der Waals surface area contributed by atoms with Gasteiger partial charge in [-0.05, 0) is 22.8 Å². The molecule has 1 unspecified atom stereocenters. The van der Waals surface area contributed by atoms with Gasteiger partial charge in [-0.1, -0.05) is 127 Å². The lowest BCUT2D eigenvalue weighted by Gasteiger charge is -2.30. The van der Waals surface area contributed by atoms with E-state index < -0.39 is 7.14 Å². The Morgan fingerprint density at radius 3 is 1.50 bits per heavy atom. The highest BCUT2D eigenvalue weighted by Crippen LogP contribution is 2.59. The van der Waals surface area contributed by atoms with Gasteiger partial charge in [0.15, 0.2) is 7.14 Å². The third kappa shape index (κ3) is 4.05. The predicted octanol–water partition coefficient (Wildman–Crippen LogP) is 7.20. The van der Waals surface area contributed by atoms with Crippen LogP contribution in [0, 0.1) is 0 Å². The van der Waals surface area contributed by atoms with Crippen LogP contribution in [-0.2, 0) is 4.57 Å². The fourth-order valence-electron chi connectivity index (χ4n) is 4.03. The summed E-state index contributed by atoms with van der Waals surface area (Å²) >= 11 is 1.70. The first kappa shape index (κ1) is 20.8. The fourth-order valence-corrected chi connectivity index (χ4v) is 9.12. The molecule has 1 aliphatic heterocycles. The van der Waals surface area contributed by atoms with Crippen molar-refractivity contribution in [2.75, 3.05) is 0 Å².